The van der Waals surface area contributed by atoms with Crippen molar-refractivity contribution in [3.05, 3.63) is 29.8 Å². The third-order valence-corrected chi connectivity index (χ3v) is 4.75. The maximum atomic E-state index is 12.1. The maximum absolute atomic E-state index is 12.1. The Balaban J connectivity index is 2.14. The van der Waals surface area contributed by atoms with Crippen LogP contribution in [0.3, 0.4) is 0 Å². The number of rotatable bonds is 3. The number of carbonyl (C=O) groups is 1. The second-order valence-electron chi connectivity index (χ2n) is 4.03. The average molecular weight is 238 g/mol. The molecule has 1 N–H and O–H groups in total. The maximum Gasteiger partial charge on any atom is 0.335 e. The van der Waals surface area contributed by atoms with Crippen LogP contribution in [0.15, 0.2) is 29.2 Å². The summed E-state index contributed by atoms with van der Waals surface area (Å²) in [6, 6.07) is 6.37. The largest absolute Gasteiger partial charge is 0.478 e. The summed E-state index contributed by atoms with van der Waals surface area (Å²) < 4.78 is 12.1. The molecule has 1 fully saturated rings. The summed E-state index contributed by atoms with van der Waals surface area (Å²) >= 11 is 0. The van der Waals surface area contributed by atoms with Crippen LogP contribution in [-0.4, -0.2) is 20.5 Å². The molecular weight excluding hydrogens is 224 g/mol. The van der Waals surface area contributed by atoms with Crippen LogP contribution in [0.25, 0.3) is 0 Å². The smallest absolute Gasteiger partial charge is 0.335 e. The van der Waals surface area contributed by atoms with Gasteiger partial charge in [0.25, 0.3) is 0 Å². The first-order valence-corrected chi connectivity index (χ1v) is 6.64. The van der Waals surface area contributed by atoms with Gasteiger partial charge in [0.05, 0.1) is 16.4 Å². The SMILES string of the molecule is O=C(O)c1ccc(S(=O)C2CCCC2)cc1. The molecule has 1 unspecified atom stereocenters. The molecule has 0 aromatic heterocycles. The van der Waals surface area contributed by atoms with Gasteiger partial charge in [-0.25, -0.2) is 4.79 Å². The van der Waals surface area contributed by atoms with Crippen molar-refractivity contribution in [3.63, 3.8) is 0 Å². The Hall–Kier alpha value is -1.16. The van der Waals surface area contributed by atoms with Gasteiger partial charge >= 0.3 is 5.97 Å². The van der Waals surface area contributed by atoms with E-state index < -0.39 is 16.8 Å². The molecular formula is C12H14O3S. The van der Waals surface area contributed by atoms with Crippen LogP contribution in [0.5, 0.6) is 0 Å². The summed E-state index contributed by atoms with van der Waals surface area (Å²) in [5.74, 6) is -0.946. The molecule has 0 saturated heterocycles. The lowest BCUT2D eigenvalue weighted by atomic mass is 10.2. The minimum Gasteiger partial charge on any atom is -0.478 e. The monoisotopic (exact) mass is 238 g/mol. The summed E-state index contributed by atoms with van der Waals surface area (Å²) in [7, 11) is -0.973. The molecule has 16 heavy (non-hydrogen) atoms. The fraction of sp³-hybridized carbons (Fsp3) is 0.417. The number of carboxylic acid groups (broad SMARTS) is 1. The van der Waals surface area contributed by atoms with E-state index in [9.17, 15) is 9.00 Å². The Bertz CT molecular complexity index is 405. The van der Waals surface area contributed by atoms with Gasteiger partial charge in [0.2, 0.25) is 0 Å². The molecule has 2 rings (SSSR count). The van der Waals surface area contributed by atoms with E-state index in [-0.39, 0.29) is 10.8 Å². The molecule has 86 valence electrons. The van der Waals surface area contributed by atoms with Crippen LogP contribution < -0.4 is 0 Å². The van der Waals surface area contributed by atoms with Gasteiger partial charge < -0.3 is 5.11 Å². The lowest BCUT2D eigenvalue weighted by molar-refractivity contribution is 0.0697. The predicted octanol–water partition coefficient (Wildman–Crippen LogP) is 2.44. The highest BCUT2D eigenvalue weighted by Crippen LogP contribution is 2.26. The first-order valence-electron chi connectivity index (χ1n) is 5.42. The summed E-state index contributed by atoms with van der Waals surface area (Å²) in [6.45, 7) is 0. The van der Waals surface area contributed by atoms with Gasteiger partial charge in [0, 0.05) is 10.1 Å². The quantitative estimate of drug-likeness (QED) is 0.880. The van der Waals surface area contributed by atoms with Crippen molar-refractivity contribution in [1.82, 2.24) is 0 Å². The van der Waals surface area contributed by atoms with Gasteiger partial charge in [-0.1, -0.05) is 12.8 Å². The van der Waals surface area contributed by atoms with Gasteiger partial charge in [0.1, 0.15) is 0 Å². The highest BCUT2D eigenvalue weighted by atomic mass is 32.2. The molecule has 0 heterocycles. The van der Waals surface area contributed by atoms with Crippen LogP contribution in [0.2, 0.25) is 0 Å². The van der Waals surface area contributed by atoms with Gasteiger partial charge in [0.15, 0.2) is 0 Å². The zero-order chi connectivity index (χ0) is 11.5. The summed E-state index contributed by atoms with van der Waals surface area (Å²) in [4.78, 5) is 11.4. The number of aromatic carboxylic acids is 1. The molecule has 0 aliphatic heterocycles. The minimum absolute atomic E-state index is 0.243. The van der Waals surface area contributed by atoms with Crippen LogP contribution in [0, 0.1) is 0 Å². The van der Waals surface area contributed by atoms with E-state index in [0.29, 0.717) is 0 Å². The molecule has 0 radical (unpaired) electrons. The third-order valence-electron chi connectivity index (χ3n) is 2.94. The van der Waals surface area contributed by atoms with Crippen LogP contribution in [-0.2, 0) is 10.8 Å². The normalized spacial score (nSPS) is 18.5. The fourth-order valence-electron chi connectivity index (χ4n) is 2.03. The first-order chi connectivity index (χ1) is 7.68. The molecule has 1 aromatic rings. The number of carboxylic acids is 1. The van der Waals surface area contributed by atoms with Crippen molar-refractivity contribution in [2.24, 2.45) is 0 Å². The van der Waals surface area contributed by atoms with Gasteiger partial charge in [-0.3, -0.25) is 4.21 Å². The fourth-order valence-corrected chi connectivity index (χ4v) is 3.58. The molecule has 1 saturated carbocycles. The summed E-state index contributed by atoms with van der Waals surface area (Å²) in [6.07, 6.45) is 4.35. The van der Waals surface area contributed by atoms with E-state index in [0.717, 1.165) is 30.6 Å². The number of benzene rings is 1. The zero-order valence-electron chi connectivity index (χ0n) is 8.89. The molecule has 1 aliphatic rings. The van der Waals surface area contributed by atoms with E-state index in [1.807, 2.05) is 0 Å². The number of hydrogen-bond acceptors (Lipinski definition) is 2. The Morgan fingerprint density at radius 3 is 2.25 bits per heavy atom. The molecule has 0 amide bonds. The van der Waals surface area contributed by atoms with E-state index in [2.05, 4.69) is 0 Å². The molecule has 0 spiro atoms. The van der Waals surface area contributed by atoms with Crippen molar-refractivity contribution in [1.29, 1.82) is 0 Å². The van der Waals surface area contributed by atoms with Crippen molar-refractivity contribution < 1.29 is 14.1 Å². The molecule has 1 atom stereocenters. The molecule has 1 aliphatic carbocycles. The van der Waals surface area contributed by atoms with E-state index in [1.54, 1.807) is 12.1 Å². The Morgan fingerprint density at radius 1 is 1.19 bits per heavy atom. The van der Waals surface area contributed by atoms with Gasteiger partial charge in [-0.15, -0.1) is 0 Å². The highest BCUT2D eigenvalue weighted by Gasteiger charge is 2.22. The molecule has 3 nitrogen and oxygen atoms in total. The number of hydrogen-bond donors (Lipinski definition) is 1. The van der Waals surface area contributed by atoms with Crippen LogP contribution in [0.1, 0.15) is 36.0 Å². The summed E-state index contributed by atoms with van der Waals surface area (Å²) in [5, 5.41) is 9.01. The highest BCUT2D eigenvalue weighted by molar-refractivity contribution is 7.85. The van der Waals surface area contributed by atoms with E-state index >= 15 is 0 Å². The van der Waals surface area contributed by atoms with Crippen molar-refractivity contribution in [3.8, 4) is 0 Å². The summed E-state index contributed by atoms with van der Waals surface area (Å²) in [5.41, 5.74) is 0.243. The predicted molar refractivity (Wildman–Crippen MR) is 62.1 cm³/mol. The molecule has 1 aromatic carbocycles. The Labute approximate surface area is 96.9 Å². The van der Waals surface area contributed by atoms with Gasteiger partial charge in [-0.2, -0.15) is 0 Å². The van der Waals surface area contributed by atoms with E-state index in [1.165, 1.54) is 12.1 Å². The van der Waals surface area contributed by atoms with Crippen molar-refractivity contribution in [2.75, 3.05) is 0 Å². The topological polar surface area (TPSA) is 54.4 Å². The van der Waals surface area contributed by atoms with Gasteiger partial charge in [-0.05, 0) is 37.1 Å². The molecule has 4 heteroatoms. The standard InChI is InChI=1S/C12H14O3S/c13-12(14)9-5-7-11(8-6-9)16(15)10-3-1-2-4-10/h5-8,10H,1-4H2,(H,13,14). The second-order valence-corrected chi connectivity index (χ2v) is 5.77. The minimum atomic E-state index is -0.973. The van der Waals surface area contributed by atoms with E-state index in [4.69, 9.17) is 5.11 Å². The lowest BCUT2D eigenvalue weighted by Gasteiger charge is -2.08. The van der Waals surface area contributed by atoms with Crippen LogP contribution in [0.4, 0.5) is 0 Å². The molecule has 0 bridgehead atoms. The van der Waals surface area contributed by atoms with Crippen molar-refractivity contribution >= 4 is 16.8 Å². The first kappa shape index (κ1) is 11.3. The second kappa shape index (κ2) is 4.78. The van der Waals surface area contributed by atoms with Crippen molar-refractivity contribution in [2.45, 2.75) is 35.8 Å². The Kier molecular flexibility index (Phi) is 3.39. The zero-order valence-corrected chi connectivity index (χ0v) is 9.70. The van der Waals surface area contributed by atoms with Crippen LogP contribution >= 0.6 is 0 Å². The average Bonchev–Trinajstić information content (AvgIpc) is 2.81. The Morgan fingerprint density at radius 2 is 1.75 bits per heavy atom. The lowest BCUT2D eigenvalue weighted by Crippen LogP contribution is -2.10. The third kappa shape index (κ3) is 2.32.